The molecule has 1 aromatic carbocycles. The summed E-state index contributed by atoms with van der Waals surface area (Å²) in [6.45, 7) is 1.98. The Balaban J connectivity index is 1.78. The second-order valence-corrected chi connectivity index (χ2v) is 7.47. The topological polar surface area (TPSA) is 80.2 Å². The standard InChI is InChI=1S/C21H20F3N5O2/c1-29-9-3-4-14(11-29)26-20-16-5-2-8-25-18(16)19(27-28-20)15-7-6-13(21(22,23)24)10-17(15)31-12-30/h2,5-8,10,12,14H,3-4,9,11H2,1H3,(H,26,28)/t14-/m1/s1. The first-order chi connectivity index (χ1) is 14.9. The average Bonchev–Trinajstić information content (AvgIpc) is 2.74. The molecule has 0 radical (unpaired) electrons. The molecule has 3 heterocycles. The number of nitrogens with one attached hydrogen (secondary N) is 1. The van der Waals surface area contributed by atoms with Crippen molar-refractivity contribution in [1.82, 2.24) is 20.1 Å². The van der Waals surface area contributed by atoms with Crippen LogP contribution in [0.3, 0.4) is 0 Å². The second-order valence-electron chi connectivity index (χ2n) is 7.47. The van der Waals surface area contributed by atoms with Crippen LogP contribution in [0.1, 0.15) is 18.4 Å². The number of likely N-dealkylation sites (tertiary alicyclic amines) is 1. The summed E-state index contributed by atoms with van der Waals surface area (Å²) in [5.41, 5.74) is -0.0644. The van der Waals surface area contributed by atoms with E-state index < -0.39 is 11.7 Å². The Labute approximate surface area is 176 Å². The lowest BCUT2D eigenvalue weighted by atomic mass is 10.0. The summed E-state index contributed by atoms with van der Waals surface area (Å²) < 4.78 is 44.1. The van der Waals surface area contributed by atoms with E-state index in [-0.39, 0.29) is 29.5 Å². The number of aromatic nitrogens is 3. The number of alkyl halides is 3. The van der Waals surface area contributed by atoms with Gasteiger partial charge in [0.05, 0.1) is 5.56 Å². The molecule has 0 aliphatic carbocycles. The fourth-order valence-electron chi connectivity index (χ4n) is 3.80. The number of ether oxygens (including phenoxy) is 1. The van der Waals surface area contributed by atoms with Gasteiger partial charge in [0.1, 0.15) is 17.0 Å². The Morgan fingerprint density at radius 3 is 2.84 bits per heavy atom. The maximum absolute atomic E-state index is 13.1. The number of likely N-dealkylation sites (N-methyl/N-ethyl adjacent to an activating group) is 1. The maximum Gasteiger partial charge on any atom is 0.416 e. The van der Waals surface area contributed by atoms with E-state index in [4.69, 9.17) is 4.74 Å². The molecule has 1 fully saturated rings. The Morgan fingerprint density at radius 2 is 2.10 bits per heavy atom. The summed E-state index contributed by atoms with van der Waals surface area (Å²) in [6, 6.07) is 6.66. The van der Waals surface area contributed by atoms with Crippen molar-refractivity contribution < 1.29 is 22.7 Å². The summed E-state index contributed by atoms with van der Waals surface area (Å²) in [5.74, 6) is 0.289. The van der Waals surface area contributed by atoms with Gasteiger partial charge >= 0.3 is 6.18 Å². The van der Waals surface area contributed by atoms with Gasteiger partial charge in [0.15, 0.2) is 5.82 Å². The van der Waals surface area contributed by atoms with Crippen LogP contribution in [0.5, 0.6) is 5.75 Å². The number of halogens is 3. The zero-order valence-electron chi connectivity index (χ0n) is 16.7. The third-order valence-corrected chi connectivity index (χ3v) is 5.24. The zero-order chi connectivity index (χ0) is 22.0. The molecule has 162 valence electrons. The van der Waals surface area contributed by atoms with Crippen molar-refractivity contribution in [2.45, 2.75) is 25.1 Å². The molecule has 0 amide bonds. The van der Waals surface area contributed by atoms with Gasteiger partial charge < -0.3 is 15.0 Å². The largest absolute Gasteiger partial charge is 0.428 e. The quantitative estimate of drug-likeness (QED) is 0.617. The number of carbonyl (C=O) groups excluding carboxylic acids is 1. The fourth-order valence-corrected chi connectivity index (χ4v) is 3.80. The zero-order valence-corrected chi connectivity index (χ0v) is 16.7. The second kappa shape index (κ2) is 8.46. The molecule has 1 saturated heterocycles. The third-order valence-electron chi connectivity index (χ3n) is 5.24. The van der Waals surface area contributed by atoms with Gasteiger partial charge in [0.25, 0.3) is 6.47 Å². The van der Waals surface area contributed by atoms with E-state index in [0.717, 1.165) is 38.1 Å². The molecule has 0 spiro atoms. The number of piperidine rings is 1. The number of anilines is 1. The van der Waals surface area contributed by atoms with E-state index in [1.165, 1.54) is 6.07 Å². The highest BCUT2D eigenvalue weighted by Crippen LogP contribution is 2.38. The summed E-state index contributed by atoms with van der Waals surface area (Å²) >= 11 is 0. The third kappa shape index (κ3) is 4.43. The average molecular weight is 431 g/mol. The number of benzene rings is 1. The van der Waals surface area contributed by atoms with Gasteiger partial charge in [-0.05, 0) is 56.8 Å². The van der Waals surface area contributed by atoms with Gasteiger partial charge in [-0.25, -0.2) is 0 Å². The molecule has 1 atom stereocenters. The molecule has 1 N–H and O–H groups in total. The van der Waals surface area contributed by atoms with Crippen LogP contribution < -0.4 is 10.1 Å². The molecule has 4 rings (SSSR count). The number of carbonyl (C=O) groups is 1. The Kier molecular flexibility index (Phi) is 5.73. The monoisotopic (exact) mass is 431 g/mol. The smallest absolute Gasteiger partial charge is 0.416 e. The number of hydrogen-bond donors (Lipinski definition) is 1. The van der Waals surface area contributed by atoms with Gasteiger partial charge in [-0.1, -0.05) is 0 Å². The highest BCUT2D eigenvalue weighted by molar-refractivity contribution is 5.98. The van der Waals surface area contributed by atoms with Crippen LogP contribution in [0, 0.1) is 0 Å². The van der Waals surface area contributed by atoms with E-state index in [9.17, 15) is 18.0 Å². The summed E-state index contributed by atoms with van der Waals surface area (Å²) in [5, 5.41) is 12.6. The SMILES string of the molecule is CN1CCC[C@@H](Nc2nnc(-c3ccc(C(F)(F)F)cc3OC=O)c3ncccc23)C1. The Morgan fingerprint density at radius 1 is 1.26 bits per heavy atom. The van der Waals surface area contributed by atoms with Crippen molar-refractivity contribution in [3.05, 3.63) is 42.1 Å². The summed E-state index contributed by atoms with van der Waals surface area (Å²) in [6.07, 6.45) is -0.956. The predicted octanol–water partition coefficient (Wildman–Crippen LogP) is 3.75. The van der Waals surface area contributed by atoms with Crippen LogP contribution in [-0.4, -0.2) is 52.7 Å². The molecule has 0 unspecified atom stereocenters. The van der Waals surface area contributed by atoms with E-state index in [1.807, 2.05) is 6.07 Å². The Bertz CT molecular complexity index is 1110. The molecule has 0 bridgehead atoms. The molecule has 0 saturated carbocycles. The molecule has 31 heavy (non-hydrogen) atoms. The minimum absolute atomic E-state index is 0.0809. The van der Waals surface area contributed by atoms with Crippen molar-refractivity contribution in [1.29, 1.82) is 0 Å². The van der Waals surface area contributed by atoms with Gasteiger partial charge in [-0.3, -0.25) is 9.78 Å². The van der Waals surface area contributed by atoms with E-state index in [1.54, 1.807) is 12.3 Å². The predicted molar refractivity (Wildman–Crippen MR) is 109 cm³/mol. The Hall–Kier alpha value is -3.27. The minimum Gasteiger partial charge on any atom is -0.428 e. The van der Waals surface area contributed by atoms with Gasteiger partial charge in [0.2, 0.25) is 0 Å². The molecule has 7 nitrogen and oxygen atoms in total. The highest BCUT2D eigenvalue weighted by Gasteiger charge is 2.32. The minimum atomic E-state index is -4.58. The molecule has 1 aliphatic rings. The fraction of sp³-hybridized carbons (Fsp3) is 0.333. The van der Waals surface area contributed by atoms with Crippen molar-refractivity contribution in [3.8, 4) is 17.0 Å². The number of hydrogen-bond acceptors (Lipinski definition) is 7. The first kappa shape index (κ1) is 21.0. The lowest BCUT2D eigenvalue weighted by Gasteiger charge is -2.30. The van der Waals surface area contributed by atoms with Gasteiger partial charge in [0, 0.05) is 29.7 Å². The van der Waals surface area contributed by atoms with E-state index >= 15 is 0 Å². The van der Waals surface area contributed by atoms with Crippen LogP contribution in [-0.2, 0) is 11.0 Å². The molecule has 1 aliphatic heterocycles. The van der Waals surface area contributed by atoms with Crippen LogP contribution in [0.25, 0.3) is 22.2 Å². The first-order valence-corrected chi connectivity index (χ1v) is 9.75. The highest BCUT2D eigenvalue weighted by atomic mass is 19.4. The number of rotatable bonds is 5. The molecule has 10 heteroatoms. The lowest BCUT2D eigenvalue weighted by molar-refractivity contribution is -0.138. The first-order valence-electron chi connectivity index (χ1n) is 9.75. The van der Waals surface area contributed by atoms with Crippen molar-refractivity contribution in [2.24, 2.45) is 0 Å². The van der Waals surface area contributed by atoms with Crippen LogP contribution in [0.4, 0.5) is 19.0 Å². The lowest BCUT2D eigenvalue weighted by Crippen LogP contribution is -2.40. The normalized spacial score (nSPS) is 17.5. The van der Waals surface area contributed by atoms with E-state index in [0.29, 0.717) is 16.7 Å². The number of nitrogens with zero attached hydrogens (tertiary/aromatic N) is 4. The summed E-state index contributed by atoms with van der Waals surface area (Å²) in [7, 11) is 2.06. The van der Waals surface area contributed by atoms with Crippen molar-refractivity contribution in [3.63, 3.8) is 0 Å². The molecular formula is C21H20F3N5O2. The van der Waals surface area contributed by atoms with Crippen LogP contribution in [0.2, 0.25) is 0 Å². The number of pyridine rings is 1. The molecule has 3 aromatic rings. The molecular weight excluding hydrogens is 411 g/mol. The molecule has 2 aromatic heterocycles. The van der Waals surface area contributed by atoms with Gasteiger partial charge in [-0.15, -0.1) is 10.2 Å². The van der Waals surface area contributed by atoms with Gasteiger partial charge in [-0.2, -0.15) is 13.2 Å². The van der Waals surface area contributed by atoms with Crippen LogP contribution >= 0.6 is 0 Å². The number of fused-ring (bicyclic) bond motifs is 1. The van der Waals surface area contributed by atoms with Crippen molar-refractivity contribution >= 4 is 23.2 Å². The maximum atomic E-state index is 13.1. The van der Waals surface area contributed by atoms with E-state index in [2.05, 4.69) is 32.4 Å². The van der Waals surface area contributed by atoms with Crippen molar-refractivity contribution in [2.75, 3.05) is 25.5 Å². The summed E-state index contributed by atoms with van der Waals surface area (Å²) in [4.78, 5) is 17.5. The van der Waals surface area contributed by atoms with Crippen LogP contribution in [0.15, 0.2) is 36.5 Å².